The third kappa shape index (κ3) is 2.12. The molecule has 0 unspecified atom stereocenters. The summed E-state index contributed by atoms with van der Waals surface area (Å²) in [5.41, 5.74) is 2.43. The lowest BCUT2D eigenvalue weighted by Gasteiger charge is -1.97. The molecule has 2 aromatic carbocycles. The summed E-state index contributed by atoms with van der Waals surface area (Å²) >= 11 is 0. The minimum Gasteiger partial charge on any atom is -0.368 e. The van der Waals surface area contributed by atoms with Crippen LogP contribution in [-0.2, 0) is 0 Å². The standard InChI is InChI=1S/C14H11N.C4H5N/c1-2-15-13-9-5-3-7-11(13)12-8-4-6-10-14(12)15;1-2-4-5-3-1/h2-10H,1H2;1-5H. The van der Waals surface area contributed by atoms with Crippen molar-refractivity contribution in [3.63, 3.8) is 0 Å². The lowest BCUT2D eigenvalue weighted by atomic mass is 10.2. The second-order valence-electron chi connectivity index (χ2n) is 4.47. The van der Waals surface area contributed by atoms with Crippen molar-refractivity contribution in [2.24, 2.45) is 0 Å². The van der Waals surface area contributed by atoms with Crippen LogP contribution in [-0.4, -0.2) is 9.55 Å². The fourth-order valence-electron chi connectivity index (χ4n) is 2.43. The number of hydrogen-bond donors (Lipinski definition) is 1. The maximum Gasteiger partial charge on any atom is 0.0534 e. The average molecular weight is 260 g/mol. The van der Waals surface area contributed by atoms with Crippen LogP contribution in [0.2, 0.25) is 0 Å². The molecule has 98 valence electrons. The van der Waals surface area contributed by atoms with Gasteiger partial charge in [-0.2, -0.15) is 0 Å². The van der Waals surface area contributed by atoms with Gasteiger partial charge in [-0.25, -0.2) is 0 Å². The Balaban J connectivity index is 0.000000205. The smallest absolute Gasteiger partial charge is 0.0534 e. The number of hydrogen-bond acceptors (Lipinski definition) is 0. The van der Waals surface area contributed by atoms with Crippen molar-refractivity contribution in [2.45, 2.75) is 0 Å². The summed E-state index contributed by atoms with van der Waals surface area (Å²) in [5.74, 6) is 0. The number of nitrogens with one attached hydrogen (secondary N) is 1. The Hall–Kier alpha value is -2.74. The highest BCUT2D eigenvalue weighted by molar-refractivity contribution is 6.09. The molecule has 2 heterocycles. The van der Waals surface area contributed by atoms with E-state index in [-0.39, 0.29) is 0 Å². The van der Waals surface area contributed by atoms with Gasteiger partial charge in [-0.3, -0.25) is 0 Å². The number of aromatic amines is 1. The predicted octanol–water partition coefficient (Wildman–Crippen LogP) is 4.91. The third-order valence-corrected chi connectivity index (χ3v) is 3.30. The molecule has 4 rings (SSSR count). The normalized spacial score (nSPS) is 10.2. The van der Waals surface area contributed by atoms with Gasteiger partial charge >= 0.3 is 0 Å². The van der Waals surface area contributed by atoms with E-state index in [9.17, 15) is 0 Å². The monoisotopic (exact) mass is 260 g/mol. The molecule has 0 radical (unpaired) electrons. The van der Waals surface area contributed by atoms with Gasteiger partial charge in [0.2, 0.25) is 0 Å². The molecule has 0 atom stereocenters. The molecular weight excluding hydrogens is 244 g/mol. The summed E-state index contributed by atoms with van der Waals surface area (Å²) in [5, 5.41) is 2.57. The molecular formula is C18H16N2. The molecule has 2 aromatic heterocycles. The molecule has 2 heteroatoms. The van der Waals surface area contributed by atoms with Crippen molar-refractivity contribution in [3.05, 3.63) is 79.6 Å². The molecule has 20 heavy (non-hydrogen) atoms. The van der Waals surface area contributed by atoms with E-state index >= 15 is 0 Å². The molecule has 1 N–H and O–H groups in total. The maximum absolute atomic E-state index is 3.87. The summed E-state index contributed by atoms with van der Waals surface area (Å²) in [6.07, 6.45) is 5.62. The summed E-state index contributed by atoms with van der Waals surface area (Å²) in [4.78, 5) is 2.86. The van der Waals surface area contributed by atoms with Crippen molar-refractivity contribution >= 4 is 28.0 Å². The first-order valence-corrected chi connectivity index (χ1v) is 6.60. The summed E-state index contributed by atoms with van der Waals surface area (Å²) in [6, 6.07) is 20.7. The van der Waals surface area contributed by atoms with E-state index in [2.05, 4.69) is 64.7 Å². The Bertz CT molecular complexity index is 753. The van der Waals surface area contributed by atoms with Crippen LogP contribution in [0.1, 0.15) is 0 Å². The topological polar surface area (TPSA) is 20.7 Å². The van der Waals surface area contributed by atoms with E-state index in [1.54, 1.807) is 0 Å². The van der Waals surface area contributed by atoms with Gasteiger partial charge in [-0.15, -0.1) is 0 Å². The maximum atomic E-state index is 3.87. The Morgan fingerprint density at radius 2 is 1.25 bits per heavy atom. The van der Waals surface area contributed by atoms with Gasteiger partial charge in [-0.1, -0.05) is 43.0 Å². The largest absolute Gasteiger partial charge is 0.368 e. The van der Waals surface area contributed by atoms with Crippen LogP contribution >= 0.6 is 0 Å². The first kappa shape index (κ1) is 12.3. The van der Waals surface area contributed by atoms with Crippen LogP contribution in [0.15, 0.2) is 79.6 Å². The molecule has 0 spiro atoms. The number of para-hydroxylation sites is 2. The second kappa shape index (κ2) is 5.49. The summed E-state index contributed by atoms with van der Waals surface area (Å²) < 4.78 is 2.13. The van der Waals surface area contributed by atoms with Gasteiger partial charge in [0.1, 0.15) is 0 Å². The zero-order valence-corrected chi connectivity index (χ0v) is 11.2. The Labute approximate surface area is 118 Å². The van der Waals surface area contributed by atoms with Crippen LogP contribution < -0.4 is 0 Å². The van der Waals surface area contributed by atoms with E-state index in [1.165, 1.54) is 21.8 Å². The number of benzene rings is 2. The first-order chi connectivity index (χ1) is 9.92. The first-order valence-electron chi connectivity index (χ1n) is 6.60. The quantitative estimate of drug-likeness (QED) is 0.502. The Morgan fingerprint density at radius 1 is 0.750 bits per heavy atom. The number of rotatable bonds is 1. The van der Waals surface area contributed by atoms with Crippen LogP contribution in [0.4, 0.5) is 0 Å². The third-order valence-electron chi connectivity index (χ3n) is 3.30. The van der Waals surface area contributed by atoms with E-state index in [0.29, 0.717) is 0 Å². The Morgan fingerprint density at radius 3 is 1.65 bits per heavy atom. The van der Waals surface area contributed by atoms with Gasteiger partial charge in [0.25, 0.3) is 0 Å². The molecule has 4 aromatic rings. The van der Waals surface area contributed by atoms with Gasteiger partial charge < -0.3 is 9.55 Å². The zero-order valence-electron chi connectivity index (χ0n) is 11.2. The van der Waals surface area contributed by atoms with E-state index in [4.69, 9.17) is 0 Å². The van der Waals surface area contributed by atoms with Crippen molar-refractivity contribution < 1.29 is 0 Å². The van der Waals surface area contributed by atoms with Crippen LogP contribution in [0.3, 0.4) is 0 Å². The molecule has 0 bridgehead atoms. The highest BCUT2D eigenvalue weighted by Gasteiger charge is 2.06. The molecule has 0 saturated heterocycles. The minimum atomic E-state index is 1.22. The van der Waals surface area contributed by atoms with E-state index in [1.807, 2.05) is 30.7 Å². The molecule has 0 amide bonds. The van der Waals surface area contributed by atoms with E-state index in [0.717, 1.165) is 0 Å². The number of fused-ring (bicyclic) bond motifs is 3. The number of H-pyrrole nitrogens is 1. The SMILES string of the molecule is C=Cn1c2ccccc2c2ccccc21.c1cc[nH]c1. The summed E-state index contributed by atoms with van der Waals surface area (Å²) in [6.45, 7) is 3.87. The molecule has 0 aliphatic carbocycles. The molecule has 2 nitrogen and oxygen atoms in total. The highest BCUT2D eigenvalue weighted by atomic mass is 14.9. The van der Waals surface area contributed by atoms with Crippen LogP contribution in [0.5, 0.6) is 0 Å². The zero-order chi connectivity index (χ0) is 13.8. The van der Waals surface area contributed by atoms with Gasteiger partial charge in [-0.05, 0) is 24.3 Å². The van der Waals surface area contributed by atoms with Crippen LogP contribution in [0, 0.1) is 0 Å². The molecule has 0 aliphatic heterocycles. The minimum absolute atomic E-state index is 1.22. The lowest BCUT2D eigenvalue weighted by molar-refractivity contribution is 1.30. The van der Waals surface area contributed by atoms with Crippen molar-refractivity contribution in [3.8, 4) is 0 Å². The predicted molar refractivity (Wildman–Crippen MR) is 86.6 cm³/mol. The van der Waals surface area contributed by atoms with Crippen molar-refractivity contribution in [1.82, 2.24) is 9.55 Å². The second-order valence-corrected chi connectivity index (χ2v) is 4.47. The summed E-state index contributed by atoms with van der Waals surface area (Å²) in [7, 11) is 0. The van der Waals surface area contributed by atoms with E-state index < -0.39 is 0 Å². The number of nitrogens with zero attached hydrogens (tertiary/aromatic N) is 1. The van der Waals surface area contributed by atoms with Gasteiger partial charge in [0, 0.05) is 29.4 Å². The lowest BCUT2D eigenvalue weighted by Crippen LogP contribution is -1.82. The number of aromatic nitrogens is 2. The highest BCUT2D eigenvalue weighted by Crippen LogP contribution is 2.28. The van der Waals surface area contributed by atoms with Gasteiger partial charge in [0.15, 0.2) is 0 Å². The molecule has 0 aliphatic rings. The fraction of sp³-hybridized carbons (Fsp3) is 0. The average Bonchev–Trinajstić information content (AvgIpc) is 3.17. The van der Waals surface area contributed by atoms with Crippen molar-refractivity contribution in [2.75, 3.05) is 0 Å². The van der Waals surface area contributed by atoms with Crippen LogP contribution in [0.25, 0.3) is 28.0 Å². The molecule has 0 saturated carbocycles. The van der Waals surface area contributed by atoms with Gasteiger partial charge in [0.05, 0.1) is 11.0 Å². The Kier molecular flexibility index (Phi) is 3.38. The molecule has 0 fully saturated rings. The fourth-order valence-corrected chi connectivity index (χ4v) is 2.43. The van der Waals surface area contributed by atoms with Crippen molar-refractivity contribution in [1.29, 1.82) is 0 Å².